The van der Waals surface area contributed by atoms with E-state index in [1.165, 1.54) is 0 Å². The molecule has 0 saturated heterocycles. The van der Waals surface area contributed by atoms with Gasteiger partial charge in [0.1, 0.15) is 5.88 Å². The van der Waals surface area contributed by atoms with Crippen LogP contribution in [0.2, 0.25) is 0 Å². The molecule has 1 heterocycles. The van der Waals surface area contributed by atoms with Gasteiger partial charge in [-0.15, -0.1) is 11.6 Å². The largest absolute Gasteiger partial charge is 0.351 e. The summed E-state index contributed by atoms with van der Waals surface area (Å²) in [7, 11) is 0. The molecule has 1 aromatic heterocycles. The van der Waals surface area contributed by atoms with Crippen molar-refractivity contribution < 1.29 is 4.79 Å². The van der Waals surface area contributed by atoms with E-state index in [0.29, 0.717) is 6.54 Å². The van der Waals surface area contributed by atoms with Gasteiger partial charge in [-0.25, -0.2) is 0 Å². The molecule has 1 aromatic rings. The first-order chi connectivity index (χ1) is 5.33. The number of hydrogen-bond donors (Lipinski definition) is 1. The summed E-state index contributed by atoms with van der Waals surface area (Å²) in [4.78, 5) is 10.7. The molecule has 0 aliphatic rings. The van der Waals surface area contributed by atoms with Crippen LogP contribution < -0.4 is 5.32 Å². The van der Waals surface area contributed by atoms with Crippen LogP contribution in [0, 0.1) is 0 Å². The molecule has 0 aliphatic carbocycles. The van der Waals surface area contributed by atoms with Crippen molar-refractivity contribution in [2.24, 2.45) is 0 Å². The number of amides is 1. The molecule has 0 unspecified atom stereocenters. The molecule has 0 spiro atoms. The predicted octanol–water partition coefficient (Wildman–Crippen LogP) is 1.60. The van der Waals surface area contributed by atoms with E-state index in [1.54, 1.807) is 11.3 Å². The maximum absolute atomic E-state index is 10.7. The van der Waals surface area contributed by atoms with Gasteiger partial charge in [0.05, 0.1) is 0 Å². The molecule has 1 N–H and O–H groups in total. The molecule has 0 atom stereocenters. The number of hydrogen-bond acceptors (Lipinski definition) is 2. The van der Waals surface area contributed by atoms with Crippen molar-refractivity contribution in [2.45, 2.75) is 6.54 Å². The summed E-state index contributed by atoms with van der Waals surface area (Å²) < 4.78 is 0. The van der Waals surface area contributed by atoms with E-state index in [1.807, 2.05) is 16.8 Å². The monoisotopic (exact) mass is 189 g/mol. The fraction of sp³-hybridized carbons (Fsp3) is 0.286. The van der Waals surface area contributed by atoms with Crippen LogP contribution in [0.3, 0.4) is 0 Å². The Morgan fingerprint density at radius 2 is 2.55 bits per heavy atom. The van der Waals surface area contributed by atoms with Gasteiger partial charge in [-0.05, 0) is 22.4 Å². The zero-order valence-corrected chi connectivity index (χ0v) is 7.41. The smallest absolute Gasteiger partial charge is 0.235 e. The molecule has 60 valence electrons. The Bertz CT molecular complexity index is 222. The van der Waals surface area contributed by atoms with Crippen molar-refractivity contribution in [2.75, 3.05) is 5.88 Å². The first-order valence-corrected chi connectivity index (χ1v) is 4.64. The lowest BCUT2D eigenvalue weighted by Crippen LogP contribution is -2.23. The molecular formula is C7H8ClNOS. The van der Waals surface area contributed by atoms with E-state index < -0.39 is 0 Å². The number of alkyl halides is 1. The number of halogens is 1. The van der Waals surface area contributed by atoms with Crippen molar-refractivity contribution in [3.8, 4) is 0 Å². The van der Waals surface area contributed by atoms with E-state index in [0.717, 1.165) is 5.56 Å². The van der Waals surface area contributed by atoms with Gasteiger partial charge in [0.2, 0.25) is 5.91 Å². The molecule has 1 amide bonds. The van der Waals surface area contributed by atoms with Crippen molar-refractivity contribution in [3.63, 3.8) is 0 Å². The highest BCUT2D eigenvalue weighted by Gasteiger charge is 1.97. The van der Waals surface area contributed by atoms with Crippen LogP contribution in [-0.4, -0.2) is 11.8 Å². The number of carbonyl (C=O) groups is 1. The van der Waals surface area contributed by atoms with Crippen LogP contribution in [0.5, 0.6) is 0 Å². The van der Waals surface area contributed by atoms with Gasteiger partial charge < -0.3 is 5.32 Å². The third kappa shape index (κ3) is 2.91. The molecule has 1 rings (SSSR count). The summed E-state index contributed by atoms with van der Waals surface area (Å²) >= 11 is 6.90. The Labute approximate surface area is 74.2 Å². The number of rotatable bonds is 3. The zero-order valence-electron chi connectivity index (χ0n) is 5.84. The second-order valence-corrected chi connectivity index (χ2v) is 3.09. The van der Waals surface area contributed by atoms with Crippen LogP contribution >= 0.6 is 22.9 Å². The summed E-state index contributed by atoms with van der Waals surface area (Å²) in [5.41, 5.74) is 1.12. The lowest BCUT2D eigenvalue weighted by atomic mass is 10.3. The van der Waals surface area contributed by atoms with E-state index in [4.69, 9.17) is 11.6 Å². The summed E-state index contributed by atoms with van der Waals surface area (Å²) in [5.74, 6) is -0.0951. The summed E-state index contributed by atoms with van der Waals surface area (Å²) in [5, 5.41) is 6.64. The quantitative estimate of drug-likeness (QED) is 0.720. The summed E-state index contributed by atoms with van der Waals surface area (Å²) in [6.45, 7) is 0.578. The fourth-order valence-corrected chi connectivity index (χ4v) is 1.40. The average Bonchev–Trinajstić information content (AvgIpc) is 2.52. The Hall–Kier alpha value is -0.540. The van der Waals surface area contributed by atoms with Crippen molar-refractivity contribution in [1.29, 1.82) is 0 Å². The van der Waals surface area contributed by atoms with Gasteiger partial charge in [-0.2, -0.15) is 11.3 Å². The van der Waals surface area contributed by atoms with Crippen molar-refractivity contribution in [1.82, 2.24) is 5.32 Å². The minimum atomic E-state index is -0.127. The Kier molecular flexibility index (Phi) is 3.39. The Morgan fingerprint density at radius 3 is 3.09 bits per heavy atom. The van der Waals surface area contributed by atoms with Gasteiger partial charge in [-0.1, -0.05) is 0 Å². The van der Waals surface area contributed by atoms with Gasteiger partial charge in [0.15, 0.2) is 0 Å². The van der Waals surface area contributed by atoms with E-state index >= 15 is 0 Å². The van der Waals surface area contributed by atoms with Crippen LogP contribution in [0.1, 0.15) is 5.56 Å². The molecule has 0 saturated carbocycles. The van der Waals surface area contributed by atoms with Crippen molar-refractivity contribution >= 4 is 28.8 Å². The van der Waals surface area contributed by atoms with Crippen LogP contribution in [0.25, 0.3) is 0 Å². The molecule has 11 heavy (non-hydrogen) atoms. The third-order valence-corrected chi connectivity index (χ3v) is 2.17. The topological polar surface area (TPSA) is 29.1 Å². The lowest BCUT2D eigenvalue weighted by molar-refractivity contribution is -0.118. The number of carbonyl (C=O) groups excluding carboxylic acids is 1. The highest BCUT2D eigenvalue weighted by atomic mass is 35.5. The van der Waals surface area contributed by atoms with Crippen LogP contribution in [-0.2, 0) is 11.3 Å². The standard InChI is InChI=1S/C7H8ClNOS/c8-3-7(10)9-4-6-1-2-11-5-6/h1-2,5H,3-4H2,(H,9,10). The fourth-order valence-electron chi connectivity index (χ4n) is 0.641. The van der Waals surface area contributed by atoms with E-state index in [2.05, 4.69) is 5.32 Å². The van der Waals surface area contributed by atoms with Gasteiger partial charge in [0.25, 0.3) is 0 Å². The van der Waals surface area contributed by atoms with Crippen molar-refractivity contribution in [3.05, 3.63) is 22.4 Å². The Morgan fingerprint density at radius 1 is 1.73 bits per heavy atom. The zero-order chi connectivity index (χ0) is 8.10. The third-order valence-electron chi connectivity index (χ3n) is 1.19. The SMILES string of the molecule is O=C(CCl)NCc1ccsc1. The number of thiophene rings is 1. The number of nitrogens with one attached hydrogen (secondary N) is 1. The lowest BCUT2D eigenvalue weighted by Gasteiger charge is -1.98. The molecule has 0 radical (unpaired) electrons. The minimum absolute atomic E-state index is 0.0319. The van der Waals surface area contributed by atoms with Gasteiger partial charge in [-0.3, -0.25) is 4.79 Å². The van der Waals surface area contributed by atoms with Crippen LogP contribution in [0.15, 0.2) is 16.8 Å². The molecule has 0 aliphatic heterocycles. The normalized spacial score (nSPS) is 9.55. The Balaban J connectivity index is 2.29. The highest BCUT2D eigenvalue weighted by molar-refractivity contribution is 7.07. The molecule has 4 heteroatoms. The first-order valence-electron chi connectivity index (χ1n) is 3.16. The summed E-state index contributed by atoms with van der Waals surface area (Å²) in [6.07, 6.45) is 0. The molecule has 0 aromatic carbocycles. The van der Waals surface area contributed by atoms with E-state index in [9.17, 15) is 4.79 Å². The molecular weight excluding hydrogens is 182 g/mol. The van der Waals surface area contributed by atoms with Crippen LogP contribution in [0.4, 0.5) is 0 Å². The molecule has 0 fully saturated rings. The maximum atomic E-state index is 10.7. The molecule has 2 nitrogen and oxygen atoms in total. The second kappa shape index (κ2) is 4.36. The predicted molar refractivity (Wildman–Crippen MR) is 46.9 cm³/mol. The highest BCUT2D eigenvalue weighted by Crippen LogP contribution is 2.04. The first kappa shape index (κ1) is 8.56. The van der Waals surface area contributed by atoms with Gasteiger partial charge in [0, 0.05) is 6.54 Å². The average molecular weight is 190 g/mol. The van der Waals surface area contributed by atoms with E-state index in [-0.39, 0.29) is 11.8 Å². The molecule has 0 bridgehead atoms. The summed E-state index contributed by atoms with van der Waals surface area (Å²) in [6, 6.07) is 1.97. The second-order valence-electron chi connectivity index (χ2n) is 2.04. The van der Waals surface area contributed by atoms with Gasteiger partial charge >= 0.3 is 0 Å². The minimum Gasteiger partial charge on any atom is -0.351 e. The maximum Gasteiger partial charge on any atom is 0.235 e.